The predicted molar refractivity (Wildman–Crippen MR) is 88.3 cm³/mol. The van der Waals surface area contributed by atoms with E-state index in [0.717, 1.165) is 22.2 Å². The molecule has 5 heteroatoms. The second-order valence-corrected chi connectivity index (χ2v) is 5.98. The number of carbonyl (C=O) groups is 1. The topological polar surface area (TPSA) is 51.5 Å². The zero-order valence-corrected chi connectivity index (χ0v) is 13.9. The molecule has 0 fully saturated rings. The first kappa shape index (κ1) is 16.5. The minimum Gasteiger partial charge on any atom is -0.494 e. The van der Waals surface area contributed by atoms with Crippen LogP contribution in [0.5, 0.6) is 5.75 Å². The maximum absolute atomic E-state index is 12.0. The first-order valence-electron chi connectivity index (χ1n) is 7.30. The van der Waals surface area contributed by atoms with Crippen LogP contribution in [0.4, 0.5) is 0 Å². The Labute approximate surface area is 135 Å². The van der Waals surface area contributed by atoms with E-state index in [-0.39, 0.29) is 11.9 Å². The fraction of sp³-hybridized carbons (Fsp3) is 0.353. The molecular formula is C17H21NO3S. The SMILES string of the molecule is CCOc1ccc(SCC(=O)NC(C)c2ccc(C)o2)cc1. The maximum atomic E-state index is 12.0. The highest BCUT2D eigenvalue weighted by atomic mass is 32.2. The van der Waals surface area contributed by atoms with Gasteiger partial charge in [-0.1, -0.05) is 0 Å². The molecule has 1 N–H and O–H groups in total. The van der Waals surface area contributed by atoms with Crippen LogP contribution in [-0.2, 0) is 4.79 Å². The second kappa shape index (κ2) is 7.94. The Kier molecular flexibility index (Phi) is 5.95. The third-order valence-electron chi connectivity index (χ3n) is 3.07. The second-order valence-electron chi connectivity index (χ2n) is 4.93. The lowest BCUT2D eigenvalue weighted by atomic mass is 10.2. The highest BCUT2D eigenvalue weighted by molar-refractivity contribution is 8.00. The average Bonchev–Trinajstić information content (AvgIpc) is 2.93. The Balaban J connectivity index is 1.79. The van der Waals surface area contributed by atoms with E-state index in [2.05, 4.69) is 5.32 Å². The summed E-state index contributed by atoms with van der Waals surface area (Å²) in [4.78, 5) is 13.0. The zero-order chi connectivity index (χ0) is 15.9. The van der Waals surface area contributed by atoms with E-state index in [0.29, 0.717) is 12.4 Å². The largest absolute Gasteiger partial charge is 0.494 e. The van der Waals surface area contributed by atoms with E-state index in [1.54, 1.807) is 0 Å². The van der Waals surface area contributed by atoms with E-state index in [9.17, 15) is 4.79 Å². The van der Waals surface area contributed by atoms with Gasteiger partial charge < -0.3 is 14.5 Å². The van der Waals surface area contributed by atoms with Crippen LogP contribution < -0.4 is 10.1 Å². The number of amides is 1. The first-order chi connectivity index (χ1) is 10.6. The van der Waals surface area contributed by atoms with Gasteiger partial charge in [-0.05, 0) is 57.2 Å². The molecule has 1 atom stereocenters. The van der Waals surface area contributed by atoms with Crippen molar-refractivity contribution in [3.8, 4) is 5.75 Å². The Morgan fingerprint density at radius 3 is 2.59 bits per heavy atom. The molecular weight excluding hydrogens is 298 g/mol. The molecule has 0 saturated heterocycles. The van der Waals surface area contributed by atoms with Crippen LogP contribution in [-0.4, -0.2) is 18.3 Å². The molecule has 1 amide bonds. The molecule has 118 valence electrons. The van der Waals surface area contributed by atoms with Crippen LogP contribution in [0, 0.1) is 6.92 Å². The van der Waals surface area contributed by atoms with Crippen LogP contribution >= 0.6 is 11.8 Å². The van der Waals surface area contributed by atoms with Crippen molar-refractivity contribution in [1.82, 2.24) is 5.32 Å². The predicted octanol–water partition coefficient (Wildman–Crippen LogP) is 3.96. The molecule has 2 aromatic rings. The first-order valence-corrected chi connectivity index (χ1v) is 8.28. The number of hydrogen-bond donors (Lipinski definition) is 1. The number of benzene rings is 1. The van der Waals surface area contributed by atoms with Crippen molar-refractivity contribution in [3.63, 3.8) is 0 Å². The smallest absolute Gasteiger partial charge is 0.230 e. The van der Waals surface area contributed by atoms with Gasteiger partial charge in [0.05, 0.1) is 18.4 Å². The quantitative estimate of drug-likeness (QED) is 0.785. The van der Waals surface area contributed by atoms with Gasteiger partial charge in [0.25, 0.3) is 0 Å². The van der Waals surface area contributed by atoms with Crippen molar-refractivity contribution in [2.75, 3.05) is 12.4 Å². The number of hydrogen-bond acceptors (Lipinski definition) is 4. The molecule has 0 aliphatic heterocycles. The van der Waals surface area contributed by atoms with Crippen molar-refractivity contribution in [2.45, 2.75) is 31.7 Å². The molecule has 2 rings (SSSR count). The molecule has 4 nitrogen and oxygen atoms in total. The summed E-state index contributed by atoms with van der Waals surface area (Å²) in [6, 6.07) is 11.4. The number of rotatable bonds is 7. The number of aryl methyl sites for hydroxylation is 1. The number of carbonyl (C=O) groups excluding carboxylic acids is 1. The number of nitrogens with one attached hydrogen (secondary N) is 1. The van der Waals surface area contributed by atoms with Crippen molar-refractivity contribution in [2.24, 2.45) is 0 Å². The van der Waals surface area contributed by atoms with Crippen molar-refractivity contribution in [3.05, 3.63) is 47.9 Å². The van der Waals surface area contributed by atoms with Gasteiger partial charge in [0.1, 0.15) is 17.3 Å². The van der Waals surface area contributed by atoms with Crippen LogP contribution in [0.3, 0.4) is 0 Å². The summed E-state index contributed by atoms with van der Waals surface area (Å²) in [6.07, 6.45) is 0. The minimum atomic E-state index is -0.123. The molecule has 1 aromatic carbocycles. The van der Waals surface area contributed by atoms with Gasteiger partial charge in [0.15, 0.2) is 0 Å². The molecule has 0 spiro atoms. The summed E-state index contributed by atoms with van der Waals surface area (Å²) < 4.78 is 10.9. The van der Waals surface area contributed by atoms with Crippen LogP contribution in [0.1, 0.15) is 31.4 Å². The van der Waals surface area contributed by atoms with Gasteiger partial charge >= 0.3 is 0 Å². The fourth-order valence-corrected chi connectivity index (χ4v) is 2.70. The van der Waals surface area contributed by atoms with Crippen molar-refractivity contribution < 1.29 is 13.9 Å². The van der Waals surface area contributed by atoms with Gasteiger partial charge in [-0.25, -0.2) is 0 Å². The third-order valence-corrected chi connectivity index (χ3v) is 4.08. The van der Waals surface area contributed by atoms with Gasteiger partial charge in [-0.15, -0.1) is 11.8 Å². The van der Waals surface area contributed by atoms with Gasteiger partial charge in [-0.3, -0.25) is 4.79 Å². The molecule has 1 unspecified atom stereocenters. The monoisotopic (exact) mass is 319 g/mol. The lowest BCUT2D eigenvalue weighted by molar-refractivity contribution is -0.119. The number of ether oxygens (including phenoxy) is 1. The summed E-state index contributed by atoms with van der Waals surface area (Å²) in [5.74, 6) is 2.83. The third kappa shape index (κ3) is 4.84. The Bertz CT molecular complexity index is 607. The Morgan fingerprint density at radius 2 is 2.00 bits per heavy atom. The highest BCUT2D eigenvalue weighted by Gasteiger charge is 2.12. The van der Waals surface area contributed by atoms with E-state index in [1.165, 1.54) is 11.8 Å². The molecule has 1 heterocycles. The molecule has 0 aliphatic rings. The van der Waals surface area contributed by atoms with E-state index in [1.807, 2.05) is 57.2 Å². The maximum Gasteiger partial charge on any atom is 0.230 e. The minimum absolute atomic E-state index is 0.0135. The van der Waals surface area contributed by atoms with Gasteiger partial charge in [0, 0.05) is 4.90 Å². The molecule has 22 heavy (non-hydrogen) atoms. The standard InChI is InChI=1S/C17H21NO3S/c1-4-20-14-6-8-15(9-7-14)22-11-17(19)18-13(3)16-10-5-12(2)21-16/h5-10,13H,4,11H2,1-3H3,(H,18,19). The zero-order valence-electron chi connectivity index (χ0n) is 13.1. The van der Waals surface area contributed by atoms with Gasteiger partial charge in [0.2, 0.25) is 5.91 Å². The summed E-state index contributed by atoms with van der Waals surface area (Å²) in [5.41, 5.74) is 0. The lowest BCUT2D eigenvalue weighted by Crippen LogP contribution is -2.27. The number of thioether (sulfide) groups is 1. The molecule has 1 aromatic heterocycles. The van der Waals surface area contributed by atoms with E-state index < -0.39 is 0 Å². The van der Waals surface area contributed by atoms with Crippen LogP contribution in [0.15, 0.2) is 45.7 Å². The average molecular weight is 319 g/mol. The lowest BCUT2D eigenvalue weighted by Gasteiger charge is -2.11. The molecule has 0 bridgehead atoms. The summed E-state index contributed by atoms with van der Waals surface area (Å²) >= 11 is 1.50. The fourth-order valence-electron chi connectivity index (χ4n) is 1.99. The highest BCUT2D eigenvalue weighted by Crippen LogP contribution is 2.22. The van der Waals surface area contributed by atoms with Gasteiger partial charge in [-0.2, -0.15) is 0 Å². The number of furan rings is 1. The van der Waals surface area contributed by atoms with E-state index in [4.69, 9.17) is 9.15 Å². The molecule has 0 saturated carbocycles. The van der Waals surface area contributed by atoms with Crippen LogP contribution in [0.2, 0.25) is 0 Å². The molecule has 0 radical (unpaired) electrons. The Hall–Kier alpha value is -1.88. The summed E-state index contributed by atoms with van der Waals surface area (Å²) in [6.45, 7) is 6.41. The molecule has 0 aliphatic carbocycles. The summed E-state index contributed by atoms with van der Waals surface area (Å²) in [5, 5.41) is 2.93. The normalized spacial score (nSPS) is 12.0. The van der Waals surface area contributed by atoms with Crippen LogP contribution in [0.25, 0.3) is 0 Å². The Morgan fingerprint density at radius 1 is 1.27 bits per heavy atom. The van der Waals surface area contributed by atoms with Crippen molar-refractivity contribution in [1.29, 1.82) is 0 Å². The van der Waals surface area contributed by atoms with E-state index >= 15 is 0 Å². The van der Waals surface area contributed by atoms with Crippen molar-refractivity contribution >= 4 is 17.7 Å². The summed E-state index contributed by atoms with van der Waals surface area (Å²) in [7, 11) is 0.